The van der Waals surface area contributed by atoms with Crippen molar-refractivity contribution in [3.63, 3.8) is 0 Å². The van der Waals surface area contributed by atoms with Gasteiger partial charge in [0.25, 0.3) is 5.91 Å². The normalized spacial score (nSPS) is 13.6. The summed E-state index contributed by atoms with van der Waals surface area (Å²) in [5, 5.41) is 4.23. The second kappa shape index (κ2) is 6.42. The number of rotatable bonds is 4. The number of amides is 1. The summed E-state index contributed by atoms with van der Waals surface area (Å²) in [7, 11) is 0. The Morgan fingerprint density at radius 3 is 2.50 bits per heavy atom. The Morgan fingerprint density at radius 2 is 1.90 bits per heavy atom. The van der Waals surface area contributed by atoms with Gasteiger partial charge in [0.2, 0.25) is 0 Å². The van der Waals surface area contributed by atoms with Crippen LogP contribution in [0.15, 0.2) is 54.6 Å². The number of hydrogen-bond acceptors (Lipinski definition) is 1. The molecule has 0 radical (unpaired) electrons. The monoisotopic (exact) mass is 351 g/mol. The smallest absolute Gasteiger partial charge is 0.252 e. The molecule has 0 bridgehead atoms. The van der Waals surface area contributed by atoms with Crippen molar-refractivity contribution < 1.29 is 4.79 Å². The maximum Gasteiger partial charge on any atom is 0.252 e. The molecule has 0 aliphatic heterocycles. The molecule has 0 saturated carbocycles. The van der Waals surface area contributed by atoms with Crippen LogP contribution < -0.4 is 5.32 Å². The summed E-state index contributed by atoms with van der Waals surface area (Å²) < 4.78 is 0. The molecule has 1 N–H and O–H groups in total. The van der Waals surface area contributed by atoms with Crippen molar-refractivity contribution in [2.24, 2.45) is 0 Å². The quantitative estimate of drug-likeness (QED) is 0.813. The van der Waals surface area contributed by atoms with Gasteiger partial charge >= 0.3 is 0 Å². The van der Waals surface area contributed by atoms with E-state index in [1.54, 1.807) is 24.3 Å². The average molecular weight is 353 g/mol. The van der Waals surface area contributed by atoms with E-state index >= 15 is 0 Å². The van der Waals surface area contributed by atoms with Crippen LogP contribution in [-0.2, 0) is 5.54 Å². The van der Waals surface area contributed by atoms with Gasteiger partial charge in [-0.25, -0.2) is 0 Å². The fourth-order valence-electron chi connectivity index (χ4n) is 1.94. The molecule has 1 atom stereocenters. The number of hydrogen-bond donors (Lipinski definition) is 1. The first kappa shape index (κ1) is 15.1. The van der Waals surface area contributed by atoms with E-state index in [9.17, 15) is 4.79 Å². The summed E-state index contributed by atoms with van der Waals surface area (Å²) in [5.74, 6) is -0.140. The van der Waals surface area contributed by atoms with E-state index < -0.39 is 5.54 Å². The molecule has 1 unspecified atom stereocenters. The minimum Gasteiger partial charge on any atom is -0.342 e. The van der Waals surface area contributed by atoms with Crippen LogP contribution >= 0.6 is 27.5 Å². The molecule has 0 aliphatic carbocycles. The Morgan fingerprint density at radius 1 is 1.20 bits per heavy atom. The van der Waals surface area contributed by atoms with Crippen LogP contribution in [0.1, 0.15) is 22.8 Å². The zero-order valence-electron chi connectivity index (χ0n) is 11.1. The topological polar surface area (TPSA) is 29.1 Å². The molecule has 0 heterocycles. The SMILES string of the molecule is CC(CBr)(NC(=O)c1cccc(Cl)c1)c1ccccc1. The highest BCUT2D eigenvalue weighted by Gasteiger charge is 2.27. The minimum atomic E-state index is -0.472. The minimum absolute atomic E-state index is 0.140. The maximum atomic E-state index is 12.4. The van der Waals surface area contributed by atoms with Crippen LogP contribution in [0.5, 0.6) is 0 Å². The Bertz CT molecular complexity index is 602. The Labute approximate surface area is 132 Å². The van der Waals surface area contributed by atoms with Crippen molar-refractivity contribution in [2.45, 2.75) is 12.5 Å². The highest BCUT2D eigenvalue weighted by Crippen LogP contribution is 2.23. The van der Waals surface area contributed by atoms with Crippen molar-refractivity contribution >= 4 is 33.4 Å². The van der Waals surface area contributed by atoms with Gasteiger partial charge in [-0.05, 0) is 30.7 Å². The van der Waals surface area contributed by atoms with Gasteiger partial charge in [0, 0.05) is 15.9 Å². The summed E-state index contributed by atoms with van der Waals surface area (Å²) in [6.45, 7) is 1.99. The lowest BCUT2D eigenvalue weighted by molar-refractivity contribution is 0.0914. The Kier molecular flexibility index (Phi) is 4.84. The lowest BCUT2D eigenvalue weighted by Gasteiger charge is -2.29. The standard InChI is InChI=1S/C16H15BrClNO/c1-16(11-17,13-7-3-2-4-8-13)19-15(20)12-6-5-9-14(18)10-12/h2-10H,11H2,1H3,(H,19,20). The van der Waals surface area contributed by atoms with Crippen LogP contribution in [-0.4, -0.2) is 11.2 Å². The number of carbonyl (C=O) groups excluding carboxylic acids is 1. The van der Waals surface area contributed by atoms with Crippen molar-refractivity contribution in [1.29, 1.82) is 0 Å². The molecular weight excluding hydrogens is 338 g/mol. The third-order valence-electron chi connectivity index (χ3n) is 3.15. The van der Waals surface area contributed by atoms with Crippen molar-refractivity contribution in [3.05, 3.63) is 70.7 Å². The van der Waals surface area contributed by atoms with E-state index in [1.165, 1.54) is 0 Å². The van der Waals surface area contributed by atoms with Gasteiger partial charge < -0.3 is 5.32 Å². The summed E-state index contributed by atoms with van der Waals surface area (Å²) in [4.78, 5) is 12.4. The lowest BCUT2D eigenvalue weighted by Crippen LogP contribution is -2.44. The molecule has 4 heteroatoms. The maximum absolute atomic E-state index is 12.4. The van der Waals surface area contributed by atoms with Crippen molar-refractivity contribution in [3.8, 4) is 0 Å². The predicted molar refractivity (Wildman–Crippen MR) is 86.5 cm³/mol. The highest BCUT2D eigenvalue weighted by molar-refractivity contribution is 9.09. The van der Waals surface area contributed by atoms with Crippen LogP contribution in [0.4, 0.5) is 0 Å². The van der Waals surface area contributed by atoms with Gasteiger partial charge in [0.1, 0.15) is 0 Å². The first-order valence-electron chi connectivity index (χ1n) is 6.25. The van der Waals surface area contributed by atoms with Gasteiger partial charge in [0.05, 0.1) is 5.54 Å². The first-order chi connectivity index (χ1) is 9.55. The second-order valence-corrected chi connectivity index (χ2v) is 5.79. The highest BCUT2D eigenvalue weighted by atomic mass is 79.9. The lowest BCUT2D eigenvalue weighted by atomic mass is 9.94. The molecule has 104 valence electrons. The third kappa shape index (κ3) is 3.41. The van der Waals surface area contributed by atoms with Crippen molar-refractivity contribution in [2.75, 3.05) is 5.33 Å². The predicted octanol–water partition coefficient (Wildman–Crippen LogP) is 4.38. The molecule has 1 amide bonds. The number of benzene rings is 2. The molecular formula is C16H15BrClNO. The van der Waals surface area contributed by atoms with E-state index in [2.05, 4.69) is 21.2 Å². The summed E-state index contributed by atoms with van der Waals surface area (Å²) in [6, 6.07) is 16.8. The fourth-order valence-corrected chi connectivity index (χ4v) is 2.60. The van der Waals surface area contributed by atoms with Crippen LogP contribution in [0, 0.1) is 0 Å². The molecule has 2 aromatic carbocycles. The van der Waals surface area contributed by atoms with Gasteiger partial charge in [-0.1, -0.05) is 63.9 Å². The third-order valence-corrected chi connectivity index (χ3v) is 4.51. The summed E-state index contributed by atoms with van der Waals surface area (Å²) in [5.41, 5.74) is 1.13. The molecule has 0 fully saturated rings. The van der Waals surface area contributed by atoms with E-state index in [0.717, 1.165) is 5.56 Å². The number of carbonyl (C=O) groups is 1. The van der Waals surface area contributed by atoms with Gasteiger partial charge in [-0.2, -0.15) is 0 Å². The molecule has 2 rings (SSSR count). The molecule has 20 heavy (non-hydrogen) atoms. The van der Waals surface area contributed by atoms with Crippen LogP contribution in [0.2, 0.25) is 5.02 Å². The Hall–Kier alpha value is -1.32. The molecule has 0 spiro atoms. The molecule has 2 nitrogen and oxygen atoms in total. The van der Waals surface area contributed by atoms with Crippen LogP contribution in [0.25, 0.3) is 0 Å². The fraction of sp³-hybridized carbons (Fsp3) is 0.188. The molecule has 0 saturated heterocycles. The molecule has 0 aromatic heterocycles. The van der Waals surface area contributed by atoms with Crippen LogP contribution in [0.3, 0.4) is 0 Å². The summed E-state index contributed by atoms with van der Waals surface area (Å²) in [6.07, 6.45) is 0. The van der Waals surface area contributed by atoms with Gasteiger partial charge in [0.15, 0.2) is 0 Å². The molecule has 2 aromatic rings. The second-order valence-electron chi connectivity index (χ2n) is 4.80. The van der Waals surface area contributed by atoms with E-state index in [1.807, 2.05) is 37.3 Å². The Balaban J connectivity index is 2.24. The largest absolute Gasteiger partial charge is 0.342 e. The van der Waals surface area contributed by atoms with E-state index in [0.29, 0.717) is 15.9 Å². The zero-order valence-corrected chi connectivity index (χ0v) is 13.4. The average Bonchev–Trinajstić information content (AvgIpc) is 2.48. The van der Waals surface area contributed by atoms with E-state index in [-0.39, 0.29) is 5.91 Å². The molecule has 0 aliphatic rings. The van der Waals surface area contributed by atoms with Gasteiger partial charge in [-0.3, -0.25) is 4.79 Å². The van der Waals surface area contributed by atoms with Crippen molar-refractivity contribution in [1.82, 2.24) is 5.32 Å². The number of nitrogens with one attached hydrogen (secondary N) is 1. The number of halogens is 2. The van der Waals surface area contributed by atoms with E-state index in [4.69, 9.17) is 11.6 Å². The van der Waals surface area contributed by atoms with Gasteiger partial charge in [-0.15, -0.1) is 0 Å². The first-order valence-corrected chi connectivity index (χ1v) is 7.75. The summed E-state index contributed by atoms with van der Waals surface area (Å²) >= 11 is 9.41. The number of alkyl halides is 1. The zero-order chi connectivity index (χ0) is 14.6.